The molecular formula is C19H27N3O3. The first-order valence-electron chi connectivity index (χ1n) is 8.79. The van der Waals surface area contributed by atoms with E-state index < -0.39 is 0 Å². The zero-order valence-electron chi connectivity index (χ0n) is 15.2. The van der Waals surface area contributed by atoms with Gasteiger partial charge in [-0.15, -0.1) is 0 Å². The monoisotopic (exact) mass is 345 g/mol. The van der Waals surface area contributed by atoms with Crippen molar-refractivity contribution in [1.82, 2.24) is 15.5 Å². The van der Waals surface area contributed by atoms with Crippen molar-refractivity contribution in [3.8, 4) is 5.75 Å². The number of phenolic OH excluding ortho intramolecular Hbond substituents is 1. The third-order valence-electron chi connectivity index (χ3n) is 4.77. The van der Waals surface area contributed by atoms with Crippen molar-refractivity contribution in [2.24, 2.45) is 0 Å². The largest absolute Gasteiger partial charge is 0.508 e. The molecule has 0 aromatic heterocycles. The molecule has 3 N–H and O–H groups in total. The number of carbonyl (C=O) groups is 2. The van der Waals surface area contributed by atoms with Crippen LogP contribution in [-0.2, 0) is 21.5 Å². The number of amides is 2. The number of rotatable bonds is 4. The second kappa shape index (κ2) is 6.33. The molecule has 1 aliphatic heterocycles. The van der Waals surface area contributed by atoms with Crippen molar-refractivity contribution >= 4 is 11.8 Å². The molecule has 0 saturated heterocycles. The Hall–Kier alpha value is -2.08. The van der Waals surface area contributed by atoms with Crippen LogP contribution >= 0.6 is 0 Å². The number of nitrogens with one attached hydrogen (secondary N) is 2. The maximum absolute atomic E-state index is 12.2. The van der Waals surface area contributed by atoms with E-state index >= 15 is 0 Å². The maximum atomic E-state index is 12.2. The number of hydrogen-bond acceptors (Lipinski definition) is 4. The SMILES string of the molecule is CC(C)(C)NC(=O)CNC(=O)CN1Cc2ccc(O)cc2C2(CC2)C1. The highest BCUT2D eigenvalue weighted by atomic mass is 16.3. The Balaban J connectivity index is 1.55. The third-order valence-corrected chi connectivity index (χ3v) is 4.77. The number of carbonyl (C=O) groups excluding carboxylic acids is 2. The molecule has 0 atom stereocenters. The molecule has 3 rings (SSSR count). The molecule has 1 fully saturated rings. The lowest BCUT2D eigenvalue weighted by Gasteiger charge is -2.34. The van der Waals surface area contributed by atoms with E-state index in [0.717, 1.165) is 19.4 Å². The van der Waals surface area contributed by atoms with Crippen LogP contribution in [0.2, 0.25) is 0 Å². The van der Waals surface area contributed by atoms with Gasteiger partial charge in [0.05, 0.1) is 13.1 Å². The summed E-state index contributed by atoms with van der Waals surface area (Å²) in [4.78, 5) is 26.1. The highest BCUT2D eigenvalue weighted by Gasteiger charge is 2.49. The minimum atomic E-state index is -0.303. The quantitative estimate of drug-likeness (QED) is 0.768. The van der Waals surface area contributed by atoms with E-state index in [1.54, 1.807) is 6.07 Å². The molecule has 1 saturated carbocycles. The second-order valence-electron chi connectivity index (χ2n) is 8.34. The van der Waals surface area contributed by atoms with Gasteiger partial charge < -0.3 is 15.7 Å². The topological polar surface area (TPSA) is 81.7 Å². The van der Waals surface area contributed by atoms with Gasteiger partial charge in [-0.1, -0.05) is 6.07 Å². The van der Waals surface area contributed by atoms with E-state index in [9.17, 15) is 14.7 Å². The van der Waals surface area contributed by atoms with Crippen LogP contribution < -0.4 is 10.6 Å². The van der Waals surface area contributed by atoms with Crippen molar-refractivity contribution in [3.63, 3.8) is 0 Å². The van der Waals surface area contributed by atoms with Gasteiger partial charge in [0.2, 0.25) is 11.8 Å². The molecule has 0 bridgehead atoms. The van der Waals surface area contributed by atoms with Gasteiger partial charge in [0, 0.05) is 24.0 Å². The number of fused-ring (bicyclic) bond motifs is 2. The van der Waals surface area contributed by atoms with Gasteiger partial charge >= 0.3 is 0 Å². The predicted octanol–water partition coefficient (Wildman–Crippen LogP) is 1.27. The molecule has 2 aliphatic rings. The molecule has 0 unspecified atom stereocenters. The fourth-order valence-corrected chi connectivity index (χ4v) is 3.60. The highest BCUT2D eigenvalue weighted by molar-refractivity contribution is 5.85. The summed E-state index contributed by atoms with van der Waals surface area (Å²) in [7, 11) is 0. The Bertz CT molecular complexity index is 690. The first-order chi connectivity index (χ1) is 11.7. The Kier molecular flexibility index (Phi) is 4.49. The lowest BCUT2D eigenvalue weighted by Crippen LogP contribution is -2.48. The summed E-state index contributed by atoms with van der Waals surface area (Å²) in [6, 6.07) is 5.53. The summed E-state index contributed by atoms with van der Waals surface area (Å²) < 4.78 is 0. The van der Waals surface area contributed by atoms with E-state index in [-0.39, 0.29) is 35.9 Å². The molecule has 2 amide bonds. The average Bonchev–Trinajstić information content (AvgIpc) is 3.25. The van der Waals surface area contributed by atoms with Gasteiger partial charge in [-0.2, -0.15) is 0 Å². The Morgan fingerprint density at radius 2 is 1.96 bits per heavy atom. The zero-order valence-corrected chi connectivity index (χ0v) is 15.2. The fraction of sp³-hybridized carbons (Fsp3) is 0.579. The van der Waals surface area contributed by atoms with Gasteiger partial charge in [-0.25, -0.2) is 0 Å². The van der Waals surface area contributed by atoms with Crippen LogP contribution in [0.4, 0.5) is 0 Å². The molecule has 1 aliphatic carbocycles. The molecule has 1 aromatic rings. The van der Waals surface area contributed by atoms with Gasteiger partial charge in [0.25, 0.3) is 0 Å². The second-order valence-corrected chi connectivity index (χ2v) is 8.34. The van der Waals surface area contributed by atoms with E-state index in [1.807, 2.05) is 32.9 Å². The van der Waals surface area contributed by atoms with Crippen LogP contribution in [0.1, 0.15) is 44.7 Å². The molecular weight excluding hydrogens is 318 g/mol. The molecule has 1 aromatic carbocycles. The summed E-state index contributed by atoms with van der Waals surface area (Å²) >= 11 is 0. The van der Waals surface area contributed by atoms with Crippen molar-refractivity contribution < 1.29 is 14.7 Å². The molecule has 6 heteroatoms. The number of benzene rings is 1. The molecule has 6 nitrogen and oxygen atoms in total. The summed E-state index contributed by atoms with van der Waals surface area (Å²) in [5.74, 6) is -0.0119. The highest BCUT2D eigenvalue weighted by Crippen LogP contribution is 2.52. The van der Waals surface area contributed by atoms with Crippen LogP contribution in [-0.4, -0.2) is 47.0 Å². The van der Waals surface area contributed by atoms with Crippen LogP contribution in [0, 0.1) is 0 Å². The van der Waals surface area contributed by atoms with E-state index in [4.69, 9.17) is 0 Å². The van der Waals surface area contributed by atoms with Crippen molar-refractivity contribution in [2.45, 2.75) is 51.1 Å². The minimum Gasteiger partial charge on any atom is -0.508 e. The Morgan fingerprint density at radius 1 is 1.24 bits per heavy atom. The standard InChI is InChI=1S/C19H27N3O3/c1-18(2,3)21-16(24)9-20-17(25)11-22-10-13-4-5-14(23)8-15(13)19(12-22)6-7-19/h4-5,8,23H,6-7,9-12H2,1-3H3,(H,20,25)(H,21,24). The fourth-order valence-electron chi connectivity index (χ4n) is 3.60. The number of phenols is 1. The maximum Gasteiger partial charge on any atom is 0.239 e. The minimum absolute atomic E-state index is 0.000451. The Labute approximate surface area is 148 Å². The lowest BCUT2D eigenvalue weighted by atomic mass is 9.87. The lowest BCUT2D eigenvalue weighted by molar-refractivity contribution is -0.127. The summed E-state index contributed by atoms with van der Waals surface area (Å²) in [5.41, 5.74) is 2.20. The van der Waals surface area contributed by atoms with Gasteiger partial charge in [0.15, 0.2) is 0 Å². The average molecular weight is 345 g/mol. The number of hydrogen-bond donors (Lipinski definition) is 3. The summed E-state index contributed by atoms with van der Waals surface area (Å²) in [6.45, 7) is 7.52. The van der Waals surface area contributed by atoms with Crippen LogP contribution in [0.5, 0.6) is 5.75 Å². The molecule has 136 valence electrons. The summed E-state index contributed by atoms with van der Waals surface area (Å²) in [6.07, 6.45) is 2.19. The molecule has 25 heavy (non-hydrogen) atoms. The van der Waals surface area contributed by atoms with Gasteiger partial charge in [-0.05, 0) is 56.9 Å². The summed E-state index contributed by atoms with van der Waals surface area (Å²) in [5, 5.41) is 15.3. The first-order valence-corrected chi connectivity index (χ1v) is 8.79. The van der Waals surface area contributed by atoms with Crippen LogP contribution in [0.3, 0.4) is 0 Å². The molecule has 1 heterocycles. The van der Waals surface area contributed by atoms with Crippen molar-refractivity contribution in [3.05, 3.63) is 29.3 Å². The van der Waals surface area contributed by atoms with E-state index in [2.05, 4.69) is 15.5 Å². The van der Waals surface area contributed by atoms with Gasteiger partial charge in [-0.3, -0.25) is 14.5 Å². The smallest absolute Gasteiger partial charge is 0.239 e. The number of aromatic hydroxyl groups is 1. The first kappa shape index (κ1) is 17.7. The van der Waals surface area contributed by atoms with Gasteiger partial charge in [0.1, 0.15) is 5.75 Å². The molecule has 0 radical (unpaired) electrons. The van der Waals surface area contributed by atoms with Crippen LogP contribution in [0.25, 0.3) is 0 Å². The Morgan fingerprint density at radius 3 is 2.60 bits per heavy atom. The predicted molar refractivity (Wildman–Crippen MR) is 95.2 cm³/mol. The third kappa shape index (κ3) is 4.31. The zero-order chi connectivity index (χ0) is 18.2. The van der Waals surface area contributed by atoms with Crippen molar-refractivity contribution in [2.75, 3.05) is 19.6 Å². The van der Waals surface area contributed by atoms with Crippen LogP contribution in [0.15, 0.2) is 18.2 Å². The normalized spacial score (nSPS) is 18.5. The van der Waals surface area contributed by atoms with Crippen molar-refractivity contribution in [1.29, 1.82) is 0 Å². The van der Waals surface area contributed by atoms with E-state index in [1.165, 1.54) is 11.1 Å². The molecule has 1 spiro atoms. The number of nitrogens with zero attached hydrogens (tertiary/aromatic N) is 1. The van der Waals surface area contributed by atoms with E-state index in [0.29, 0.717) is 12.3 Å².